The maximum Gasteiger partial charge on any atom is 0.238 e. The lowest BCUT2D eigenvalue weighted by Gasteiger charge is -2.11. The Labute approximate surface area is 200 Å². The maximum atomic E-state index is 12.9. The van der Waals surface area contributed by atoms with Crippen LogP contribution in [-0.2, 0) is 21.2 Å². The summed E-state index contributed by atoms with van der Waals surface area (Å²) in [6.45, 7) is 1.65. The Hall–Kier alpha value is -2.42. The number of nitrogens with two attached hydrogens (primary N) is 1. The molecule has 0 aromatic heterocycles. The molecule has 0 bridgehead atoms. The number of benzene rings is 3. The Morgan fingerprint density at radius 1 is 0.938 bits per heavy atom. The highest BCUT2D eigenvalue weighted by Gasteiger charge is 2.17. The number of nitrogens with one attached hydrogen (secondary N) is 1. The van der Waals surface area contributed by atoms with Gasteiger partial charge < -0.3 is 5.32 Å². The van der Waals surface area contributed by atoms with Crippen LogP contribution in [-0.4, -0.2) is 20.1 Å². The van der Waals surface area contributed by atoms with E-state index in [0.29, 0.717) is 26.9 Å². The van der Waals surface area contributed by atoms with Crippen molar-refractivity contribution in [2.45, 2.75) is 18.2 Å². The van der Waals surface area contributed by atoms with Crippen molar-refractivity contribution in [3.63, 3.8) is 0 Å². The van der Waals surface area contributed by atoms with E-state index in [1.54, 1.807) is 13.0 Å². The van der Waals surface area contributed by atoms with Gasteiger partial charge in [-0.3, -0.25) is 9.59 Å². The van der Waals surface area contributed by atoms with Gasteiger partial charge in [-0.15, -0.1) is 0 Å². The summed E-state index contributed by atoms with van der Waals surface area (Å²) >= 11 is 18.2. The number of hydrogen-bond donors (Lipinski definition) is 2. The number of sulfonamides is 1. The minimum atomic E-state index is -3.84. The molecule has 3 N–H and O–H groups in total. The number of carbonyl (C=O) groups excluding carboxylic acids is 2. The predicted molar refractivity (Wildman–Crippen MR) is 126 cm³/mol. The van der Waals surface area contributed by atoms with Gasteiger partial charge in [-0.1, -0.05) is 40.9 Å². The Bertz CT molecular complexity index is 1320. The molecule has 3 rings (SSSR count). The van der Waals surface area contributed by atoms with Crippen molar-refractivity contribution < 1.29 is 18.0 Å². The van der Waals surface area contributed by atoms with Crippen molar-refractivity contribution >= 4 is 62.2 Å². The first-order valence-corrected chi connectivity index (χ1v) is 11.8. The highest BCUT2D eigenvalue weighted by molar-refractivity contribution is 7.89. The van der Waals surface area contributed by atoms with Gasteiger partial charge in [0.25, 0.3) is 0 Å². The normalized spacial score (nSPS) is 11.3. The molecular weight excluding hydrogens is 495 g/mol. The number of halogens is 3. The van der Waals surface area contributed by atoms with E-state index in [2.05, 4.69) is 5.32 Å². The molecule has 0 saturated carbocycles. The maximum absolute atomic E-state index is 12.9. The zero-order chi connectivity index (χ0) is 23.6. The summed E-state index contributed by atoms with van der Waals surface area (Å²) in [5.74, 6) is -0.737. The number of primary sulfonamides is 1. The number of hydrogen-bond acceptors (Lipinski definition) is 4. The van der Waals surface area contributed by atoms with Crippen LogP contribution in [0.15, 0.2) is 59.5 Å². The van der Waals surface area contributed by atoms with E-state index in [9.17, 15) is 18.0 Å². The summed E-state index contributed by atoms with van der Waals surface area (Å²) < 4.78 is 22.9. The third-order valence-electron chi connectivity index (χ3n) is 4.57. The molecule has 3 aromatic carbocycles. The van der Waals surface area contributed by atoms with Crippen molar-refractivity contribution in [3.8, 4) is 0 Å². The molecule has 0 aliphatic rings. The second-order valence-corrected chi connectivity index (χ2v) is 9.89. The fourth-order valence-corrected chi connectivity index (χ4v) is 4.36. The molecule has 1 amide bonds. The zero-order valence-electron chi connectivity index (χ0n) is 16.7. The molecule has 0 aliphatic carbocycles. The van der Waals surface area contributed by atoms with E-state index in [-0.39, 0.29) is 39.2 Å². The van der Waals surface area contributed by atoms with Crippen LogP contribution in [0, 0.1) is 6.92 Å². The van der Waals surface area contributed by atoms with Gasteiger partial charge in [-0.2, -0.15) is 0 Å². The molecule has 0 spiro atoms. The van der Waals surface area contributed by atoms with E-state index in [0.717, 1.165) is 0 Å². The van der Waals surface area contributed by atoms with E-state index < -0.39 is 10.0 Å². The van der Waals surface area contributed by atoms with Gasteiger partial charge in [0.2, 0.25) is 15.9 Å². The van der Waals surface area contributed by atoms with Crippen LogP contribution in [0.5, 0.6) is 0 Å². The molecule has 166 valence electrons. The number of ketones is 1. The van der Waals surface area contributed by atoms with Crippen LogP contribution in [0.4, 0.5) is 5.69 Å². The lowest BCUT2D eigenvalue weighted by atomic mass is 10.00. The minimum Gasteiger partial charge on any atom is -0.326 e. The first kappa shape index (κ1) is 24.2. The van der Waals surface area contributed by atoms with Crippen molar-refractivity contribution in [1.29, 1.82) is 0 Å². The molecule has 0 atom stereocenters. The van der Waals surface area contributed by atoms with Crippen molar-refractivity contribution in [1.82, 2.24) is 0 Å². The average molecular weight is 512 g/mol. The van der Waals surface area contributed by atoms with Crippen LogP contribution < -0.4 is 10.5 Å². The number of rotatable bonds is 6. The smallest absolute Gasteiger partial charge is 0.238 e. The molecule has 0 radical (unpaired) electrons. The highest BCUT2D eigenvalue weighted by Crippen LogP contribution is 2.26. The summed E-state index contributed by atoms with van der Waals surface area (Å²) in [7, 11) is -3.84. The number of carbonyl (C=O) groups is 2. The zero-order valence-corrected chi connectivity index (χ0v) is 19.7. The molecule has 0 fully saturated rings. The molecule has 0 heterocycles. The molecular formula is C22H17Cl3N2O4S. The standard InChI is InChI=1S/C22H17Cl3N2O4S/c1-12-6-17(32(26,30)31)3-5-20(12)27-21(28)8-13-2-4-19(25)18(7-13)22(29)14-9-15(23)11-16(24)10-14/h2-7,9-11H,8H2,1H3,(H,27,28)(H2,26,30,31). The van der Waals surface area contributed by atoms with Gasteiger partial charge in [-0.25, -0.2) is 13.6 Å². The summed E-state index contributed by atoms with van der Waals surface area (Å²) in [4.78, 5) is 25.4. The number of aryl methyl sites for hydroxylation is 1. The van der Waals surface area contributed by atoms with Crippen LogP contribution in [0.25, 0.3) is 0 Å². The molecule has 32 heavy (non-hydrogen) atoms. The Morgan fingerprint density at radius 2 is 1.59 bits per heavy atom. The molecule has 6 nitrogen and oxygen atoms in total. The number of anilines is 1. The van der Waals surface area contributed by atoms with E-state index in [1.165, 1.54) is 48.5 Å². The Morgan fingerprint density at radius 3 is 2.19 bits per heavy atom. The van der Waals surface area contributed by atoms with Gasteiger partial charge in [0.1, 0.15) is 0 Å². The summed E-state index contributed by atoms with van der Waals surface area (Å²) in [6.07, 6.45) is -0.0376. The fraction of sp³-hybridized carbons (Fsp3) is 0.0909. The second kappa shape index (κ2) is 9.60. The number of amides is 1. The first-order chi connectivity index (χ1) is 14.9. The van der Waals surface area contributed by atoms with Crippen LogP contribution >= 0.6 is 34.8 Å². The molecule has 0 aliphatic heterocycles. The molecule has 3 aromatic rings. The summed E-state index contributed by atoms with van der Waals surface area (Å²) in [6, 6.07) is 13.4. The topological polar surface area (TPSA) is 106 Å². The Balaban J connectivity index is 1.80. The lowest BCUT2D eigenvalue weighted by molar-refractivity contribution is -0.115. The van der Waals surface area contributed by atoms with Crippen molar-refractivity contribution in [2.75, 3.05) is 5.32 Å². The fourth-order valence-electron chi connectivity index (χ4n) is 3.03. The first-order valence-electron chi connectivity index (χ1n) is 9.16. The van der Waals surface area contributed by atoms with E-state index in [1.807, 2.05) is 0 Å². The largest absolute Gasteiger partial charge is 0.326 e. The van der Waals surface area contributed by atoms with Crippen molar-refractivity contribution in [2.24, 2.45) is 5.14 Å². The predicted octanol–water partition coefficient (Wildman–Crippen LogP) is 5.01. The second-order valence-electron chi connectivity index (χ2n) is 7.05. The van der Waals surface area contributed by atoms with Gasteiger partial charge in [0.15, 0.2) is 5.78 Å². The van der Waals surface area contributed by atoms with Gasteiger partial charge >= 0.3 is 0 Å². The summed E-state index contributed by atoms with van der Waals surface area (Å²) in [5, 5.41) is 8.70. The van der Waals surface area contributed by atoms with E-state index >= 15 is 0 Å². The van der Waals surface area contributed by atoms with Gasteiger partial charge in [0.05, 0.1) is 16.3 Å². The molecule has 0 saturated heterocycles. The van der Waals surface area contributed by atoms with Gasteiger partial charge in [-0.05, 0) is 66.6 Å². The third kappa shape index (κ3) is 5.88. The highest BCUT2D eigenvalue weighted by atomic mass is 35.5. The van der Waals surface area contributed by atoms with Crippen LogP contribution in [0.1, 0.15) is 27.0 Å². The van der Waals surface area contributed by atoms with Crippen LogP contribution in [0.3, 0.4) is 0 Å². The Kier molecular flexibility index (Phi) is 7.27. The van der Waals surface area contributed by atoms with Gasteiger partial charge in [0, 0.05) is 26.9 Å². The summed E-state index contributed by atoms with van der Waals surface area (Å²) in [5.41, 5.74) is 2.03. The third-order valence-corrected chi connectivity index (χ3v) is 6.24. The average Bonchev–Trinajstić information content (AvgIpc) is 2.69. The minimum absolute atomic E-state index is 0.0376. The SMILES string of the molecule is Cc1cc(S(N)(=O)=O)ccc1NC(=O)Cc1ccc(Cl)c(C(=O)c2cc(Cl)cc(Cl)c2)c1. The van der Waals surface area contributed by atoms with E-state index in [4.69, 9.17) is 39.9 Å². The lowest BCUT2D eigenvalue weighted by Crippen LogP contribution is -2.17. The quantitative estimate of drug-likeness (QED) is 0.453. The van der Waals surface area contributed by atoms with Crippen LogP contribution in [0.2, 0.25) is 15.1 Å². The molecule has 10 heteroatoms. The monoisotopic (exact) mass is 510 g/mol. The van der Waals surface area contributed by atoms with Crippen molar-refractivity contribution in [3.05, 3.63) is 91.9 Å². The molecule has 0 unspecified atom stereocenters.